The molecule has 1 aromatic rings. The third kappa shape index (κ3) is 9.63. The van der Waals surface area contributed by atoms with Gasteiger partial charge in [-0.2, -0.15) is 10.2 Å². The maximum atomic E-state index is 13.9. The molecule has 4 rings (SSSR count). The average Bonchev–Trinajstić information content (AvgIpc) is 3.49. The summed E-state index contributed by atoms with van der Waals surface area (Å²) in [5.74, 6) is 6.40. The van der Waals surface area contributed by atoms with Gasteiger partial charge in [-0.3, -0.25) is 9.69 Å². The van der Waals surface area contributed by atoms with Crippen molar-refractivity contribution in [3.05, 3.63) is 34.3 Å². The molecule has 0 spiro atoms. The van der Waals surface area contributed by atoms with E-state index in [0.717, 1.165) is 43.4 Å². The quantitative estimate of drug-likeness (QED) is 0.0867. The number of hydrogen-bond acceptors (Lipinski definition) is 10. The molecular formula is C38H54N8O4. The highest BCUT2D eigenvalue weighted by atomic mass is 16.6. The first-order valence-electron chi connectivity index (χ1n) is 17.6. The molecule has 1 amide bonds. The number of likely N-dealkylation sites (tertiary alicyclic amines) is 1. The van der Waals surface area contributed by atoms with E-state index in [9.17, 15) is 14.9 Å². The van der Waals surface area contributed by atoms with Gasteiger partial charge in [0, 0.05) is 52.4 Å². The number of Topliss-reactive ketones (excluding diaryl/α,β-unsaturated/α-hetero) is 1. The zero-order chi connectivity index (χ0) is 36.8. The van der Waals surface area contributed by atoms with Crippen LogP contribution in [0.5, 0.6) is 5.88 Å². The van der Waals surface area contributed by atoms with E-state index < -0.39 is 16.8 Å². The Morgan fingerprint density at radius 2 is 1.86 bits per heavy atom. The first-order chi connectivity index (χ1) is 23.5. The molecule has 270 valence electrons. The molecule has 2 fully saturated rings. The maximum Gasteiger partial charge on any atom is 0.410 e. The Labute approximate surface area is 298 Å². The Hall–Kier alpha value is -4.42. The standard InChI is InChI=1S/C38H54N8O4/c1-26-13-11-16-38(7,34(26)29(24-39)27(2)40-25-43(8)9)17-15-31(47)35-41-32(23-33(42-35)49-28(3)30-14-12-18-44(30)10)45-19-21-46(22-20-45)36(48)50-37(4,5)6/h23,25,28,30H,11-14,16,18-22H2,1-10H3/b29-27+,40-25?/t28-,30-,38?/m0/s1. The van der Waals surface area contributed by atoms with Crippen molar-refractivity contribution in [3.63, 3.8) is 0 Å². The van der Waals surface area contributed by atoms with Gasteiger partial charge in [-0.15, -0.1) is 0 Å². The van der Waals surface area contributed by atoms with Crippen LogP contribution >= 0.6 is 0 Å². The summed E-state index contributed by atoms with van der Waals surface area (Å²) in [6.45, 7) is 16.3. The second-order valence-corrected chi connectivity index (χ2v) is 15.1. The number of aromatic nitrogens is 2. The second kappa shape index (κ2) is 16.1. The molecular weight excluding hydrogens is 632 g/mol. The minimum Gasteiger partial charge on any atom is -0.473 e. The fraction of sp³-hybridized carbons (Fsp3) is 0.632. The molecule has 12 heteroatoms. The van der Waals surface area contributed by atoms with Gasteiger partial charge in [0.05, 0.1) is 23.0 Å². The van der Waals surface area contributed by atoms with E-state index in [1.165, 1.54) is 0 Å². The number of rotatable bonds is 8. The summed E-state index contributed by atoms with van der Waals surface area (Å²) in [6.07, 6.45) is 5.71. The first-order valence-corrected chi connectivity index (χ1v) is 17.6. The molecule has 3 atom stereocenters. The van der Waals surface area contributed by atoms with E-state index in [1.54, 1.807) is 17.3 Å². The van der Waals surface area contributed by atoms with Gasteiger partial charge in [-0.05, 0) is 106 Å². The second-order valence-electron chi connectivity index (χ2n) is 15.1. The van der Waals surface area contributed by atoms with Gasteiger partial charge >= 0.3 is 6.09 Å². The number of amides is 1. The highest BCUT2D eigenvalue weighted by Gasteiger charge is 2.35. The van der Waals surface area contributed by atoms with Crippen molar-refractivity contribution in [2.24, 2.45) is 10.4 Å². The summed E-state index contributed by atoms with van der Waals surface area (Å²) < 4.78 is 12.0. The predicted molar refractivity (Wildman–Crippen MR) is 195 cm³/mol. The molecule has 0 radical (unpaired) electrons. The molecule has 0 saturated carbocycles. The van der Waals surface area contributed by atoms with E-state index >= 15 is 0 Å². The number of piperazine rings is 1. The van der Waals surface area contributed by atoms with Crippen molar-refractivity contribution in [1.29, 1.82) is 5.26 Å². The number of carbonyl (C=O) groups is 2. The molecule has 2 saturated heterocycles. The van der Waals surface area contributed by atoms with Crippen LogP contribution in [0.2, 0.25) is 0 Å². The lowest BCUT2D eigenvalue weighted by Crippen LogP contribution is -2.50. The van der Waals surface area contributed by atoms with Crippen LogP contribution in [-0.4, -0.2) is 114 Å². The normalized spacial score (nSPS) is 22.8. The van der Waals surface area contributed by atoms with E-state index in [1.807, 2.05) is 72.4 Å². The van der Waals surface area contributed by atoms with Crippen LogP contribution in [0, 0.1) is 28.6 Å². The number of nitriles is 1. The number of ether oxygens (including phenoxy) is 2. The largest absolute Gasteiger partial charge is 0.473 e. The third-order valence-corrected chi connectivity index (χ3v) is 9.44. The van der Waals surface area contributed by atoms with Gasteiger partial charge in [0.1, 0.15) is 23.6 Å². The topological polar surface area (TPSA) is 127 Å². The molecule has 1 aromatic heterocycles. The molecule has 50 heavy (non-hydrogen) atoms. The van der Waals surface area contributed by atoms with Crippen LogP contribution in [-0.2, 0) is 4.74 Å². The van der Waals surface area contributed by atoms with Gasteiger partial charge in [0.25, 0.3) is 5.78 Å². The maximum absolute atomic E-state index is 13.9. The van der Waals surface area contributed by atoms with Gasteiger partial charge in [0.2, 0.25) is 11.7 Å². The Balaban J connectivity index is 1.66. The minimum atomic E-state index is -0.742. The van der Waals surface area contributed by atoms with Crippen molar-refractivity contribution in [1.82, 2.24) is 24.7 Å². The Morgan fingerprint density at radius 3 is 2.46 bits per heavy atom. The number of ketones is 1. The van der Waals surface area contributed by atoms with E-state index in [-0.39, 0.29) is 24.1 Å². The molecule has 3 aliphatic rings. The summed E-state index contributed by atoms with van der Waals surface area (Å²) in [5, 5.41) is 10.3. The van der Waals surface area contributed by atoms with Crippen molar-refractivity contribution in [2.45, 2.75) is 98.3 Å². The van der Waals surface area contributed by atoms with Gasteiger partial charge < -0.3 is 24.2 Å². The lowest BCUT2D eigenvalue weighted by Gasteiger charge is -2.36. The average molecular weight is 687 g/mol. The van der Waals surface area contributed by atoms with Gasteiger partial charge in [-0.1, -0.05) is 11.5 Å². The van der Waals surface area contributed by atoms with Crippen LogP contribution in [0.4, 0.5) is 10.6 Å². The SMILES string of the molecule is CC1=C(/C(C#N)=C(\C)N=CN(C)C)C(C)(C#CC(=O)c2nc(O[C@@H](C)[C@@H]3CCCN3C)cc(N3CCN(C(=O)OC(C)(C)C)CC3)n2)CCC1. The smallest absolute Gasteiger partial charge is 0.410 e. The Kier molecular flexibility index (Phi) is 12.3. The molecule has 12 nitrogen and oxygen atoms in total. The number of anilines is 1. The molecule has 0 N–H and O–H groups in total. The summed E-state index contributed by atoms with van der Waals surface area (Å²) in [7, 11) is 5.85. The molecule has 1 aliphatic carbocycles. The lowest BCUT2D eigenvalue weighted by atomic mass is 9.69. The number of hydrogen-bond donors (Lipinski definition) is 0. The highest BCUT2D eigenvalue weighted by Crippen LogP contribution is 2.44. The summed E-state index contributed by atoms with van der Waals surface area (Å²) in [4.78, 5) is 48.1. The number of likely N-dealkylation sites (N-methyl/N-ethyl adjacent to an activating group) is 1. The van der Waals surface area contributed by atoms with Crippen LogP contribution < -0.4 is 9.64 Å². The summed E-state index contributed by atoms with van der Waals surface area (Å²) in [6, 6.07) is 4.37. The highest BCUT2D eigenvalue weighted by molar-refractivity contribution is 6.06. The fourth-order valence-corrected chi connectivity index (χ4v) is 6.86. The Morgan fingerprint density at radius 1 is 1.16 bits per heavy atom. The summed E-state index contributed by atoms with van der Waals surface area (Å²) in [5.41, 5.74) is 1.66. The number of carbonyl (C=O) groups excluding carboxylic acids is 2. The molecule has 1 unspecified atom stereocenters. The summed E-state index contributed by atoms with van der Waals surface area (Å²) >= 11 is 0. The first kappa shape index (κ1) is 38.4. The third-order valence-electron chi connectivity index (χ3n) is 9.44. The molecule has 0 aromatic carbocycles. The zero-order valence-corrected chi connectivity index (χ0v) is 31.6. The minimum absolute atomic E-state index is 0.0454. The van der Waals surface area contributed by atoms with Crippen LogP contribution in [0.15, 0.2) is 33.5 Å². The van der Waals surface area contributed by atoms with E-state index in [0.29, 0.717) is 55.6 Å². The van der Waals surface area contributed by atoms with Crippen LogP contribution in [0.1, 0.15) is 91.2 Å². The molecule has 0 bridgehead atoms. The fourth-order valence-electron chi connectivity index (χ4n) is 6.86. The van der Waals surface area contributed by atoms with Gasteiger partial charge in [-0.25, -0.2) is 14.8 Å². The van der Waals surface area contributed by atoms with E-state index in [4.69, 9.17) is 9.47 Å². The number of allylic oxidation sites excluding steroid dienone is 4. The zero-order valence-electron chi connectivity index (χ0n) is 31.6. The molecule has 2 aliphatic heterocycles. The lowest BCUT2D eigenvalue weighted by molar-refractivity contribution is 0.0240. The van der Waals surface area contributed by atoms with Crippen molar-refractivity contribution in [3.8, 4) is 23.8 Å². The van der Waals surface area contributed by atoms with E-state index in [2.05, 4.69) is 44.8 Å². The van der Waals surface area contributed by atoms with Crippen LogP contribution in [0.25, 0.3) is 0 Å². The Bertz CT molecular complexity index is 1630. The number of aliphatic imine (C=N–C) groups is 1. The monoisotopic (exact) mass is 686 g/mol. The van der Waals surface area contributed by atoms with Crippen molar-refractivity contribution < 1.29 is 19.1 Å². The van der Waals surface area contributed by atoms with Crippen molar-refractivity contribution in [2.75, 3.05) is 58.8 Å². The van der Waals surface area contributed by atoms with Gasteiger partial charge in [0.15, 0.2) is 0 Å². The van der Waals surface area contributed by atoms with Crippen LogP contribution in [0.3, 0.4) is 0 Å². The molecule has 3 heterocycles. The predicted octanol–water partition coefficient (Wildman–Crippen LogP) is 5.48. The van der Waals surface area contributed by atoms with Crippen molar-refractivity contribution >= 4 is 24.0 Å². The number of nitrogens with zero attached hydrogens (tertiary/aromatic N) is 8.